The van der Waals surface area contributed by atoms with E-state index in [0.29, 0.717) is 27.5 Å². The van der Waals surface area contributed by atoms with Gasteiger partial charge in [0.1, 0.15) is 5.02 Å². The van der Waals surface area contributed by atoms with Gasteiger partial charge in [-0.2, -0.15) is 0 Å². The molecule has 0 aliphatic rings. The molecule has 0 aliphatic heterocycles. The number of rotatable bonds is 5. The van der Waals surface area contributed by atoms with Crippen LogP contribution in [0.3, 0.4) is 0 Å². The molecule has 9 heteroatoms. The maximum atomic E-state index is 12.9. The van der Waals surface area contributed by atoms with Gasteiger partial charge in [-0.25, -0.2) is 4.98 Å². The zero-order valence-corrected chi connectivity index (χ0v) is 17.4. The van der Waals surface area contributed by atoms with Crippen LogP contribution in [0.5, 0.6) is 0 Å². The predicted octanol–water partition coefficient (Wildman–Crippen LogP) is 6.00. The zero-order chi connectivity index (χ0) is 21.5. The van der Waals surface area contributed by atoms with Crippen molar-refractivity contribution < 1.29 is 9.72 Å². The van der Waals surface area contributed by atoms with Gasteiger partial charge in [0.2, 0.25) is 0 Å². The van der Waals surface area contributed by atoms with Gasteiger partial charge in [-0.3, -0.25) is 19.3 Å². The summed E-state index contributed by atoms with van der Waals surface area (Å²) < 4.78 is 1.85. The lowest BCUT2D eigenvalue weighted by Gasteiger charge is -2.02. The molecule has 3 aromatic heterocycles. The fourth-order valence-corrected chi connectivity index (χ4v) is 4.40. The van der Waals surface area contributed by atoms with E-state index in [2.05, 4.69) is 9.97 Å². The number of aromatic nitrogens is 3. The monoisotopic (exact) mass is 448 g/mol. The van der Waals surface area contributed by atoms with Gasteiger partial charge in [-0.1, -0.05) is 35.9 Å². The molecule has 0 saturated heterocycles. The third kappa shape index (κ3) is 3.31. The number of halogens is 1. The Balaban J connectivity index is 1.59. The first kappa shape index (κ1) is 19.2. The minimum absolute atomic E-state index is 0.0568. The van der Waals surface area contributed by atoms with Crippen molar-refractivity contribution >= 4 is 56.3 Å². The lowest BCUT2D eigenvalue weighted by atomic mass is 10.1. The van der Waals surface area contributed by atoms with Crippen LogP contribution in [-0.2, 0) is 0 Å². The third-order valence-electron chi connectivity index (χ3n) is 4.96. The lowest BCUT2D eigenvalue weighted by Crippen LogP contribution is -1.94. The van der Waals surface area contributed by atoms with Gasteiger partial charge in [0.25, 0.3) is 5.69 Å². The highest BCUT2D eigenvalue weighted by molar-refractivity contribution is 7.15. The van der Waals surface area contributed by atoms with Crippen LogP contribution in [-0.4, -0.2) is 25.1 Å². The first-order valence-corrected chi connectivity index (χ1v) is 10.5. The van der Waals surface area contributed by atoms with Gasteiger partial charge in [-0.15, -0.1) is 11.3 Å². The Morgan fingerprint density at radius 3 is 2.94 bits per heavy atom. The summed E-state index contributed by atoms with van der Waals surface area (Å²) in [4.78, 5) is 32.1. The Bertz CT molecular complexity index is 1510. The normalized spacial score (nSPS) is 11.6. The van der Waals surface area contributed by atoms with Gasteiger partial charge in [0.15, 0.2) is 10.7 Å². The molecule has 0 unspecified atom stereocenters. The van der Waals surface area contributed by atoms with Crippen LogP contribution in [0.2, 0.25) is 5.02 Å². The van der Waals surface area contributed by atoms with E-state index in [1.165, 1.54) is 29.5 Å². The molecular formula is C22H13ClN4O3S. The number of hydrogen-bond donors (Lipinski definition) is 1. The molecule has 152 valence electrons. The van der Waals surface area contributed by atoms with Crippen LogP contribution in [0.4, 0.5) is 5.69 Å². The van der Waals surface area contributed by atoms with Gasteiger partial charge in [0, 0.05) is 45.9 Å². The van der Waals surface area contributed by atoms with E-state index in [1.807, 2.05) is 40.2 Å². The van der Waals surface area contributed by atoms with Gasteiger partial charge in [0.05, 0.1) is 16.3 Å². The fraction of sp³-hybridized carbons (Fsp3) is 0. The number of carbonyl (C=O) groups is 1. The molecule has 0 spiro atoms. The van der Waals surface area contributed by atoms with E-state index in [-0.39, 0.29) is 16.5 Å². The average Bonchev–Trinajstić information content (AvgIpc) is 3.47. The summed E-state index contributed by atoms with van der Waals surface area (Å²) in [5.41, 5.74) is 3.00. The molecule has 5 aromatic rings. The van der Waals surface area contributed by atoms with E-state index in [1.54, 1.807) is 18.3 Å². The average molecular weight is 449 g/mol. The van der Waals surface area contributed by atoms with Crippen molar-refractivity contribution in [2.24, 2.45) is 0 Å². The summed E-state index contributed by atoms with van der Waals surface area (Å²) in [5.74, 6) is -0.157. The quantitative estimate of drug-likeness (QED) is 0.154. The first-order chi connectivity index (χ1) is 15.0. The number of fused-ring (bicyclic) bond motifs is 2. The number of nitrogens with one attached hydrogen (secondary N) is 1. The number of benzene rings is 2. The molecule has 0 atom stereocenters. The van der Waals surface area contributed by atoms with Crippen LogP contribution in [0.25, 0.3) is 33.2 Å². The van der Waals surface area contributed by atoms with Crippen LogP contribution in [0.15, 0.2) is 66.3 Å². The molecule has 31 heavy (non-hydrogen) atoms. The fourth-order valence-electron chi connectivity index (χ4n) is 3.49. The number of nitrogens with zero attached hydrogens (tertiary/aromatic N) is 3. The number of nitro benzene ring substituents is 1. The Labute approximate surface area is 184 Å². The number of aromatic amines is 1. The highest BCUT2D eigenvalue weighted by atomic mass is 35.5. The lowest BCUT2D eigenvalue weighted by molar-refractivity contribution is -0.384. The molecular weight excluding hydrogens is 436 g/mol. The van der Waals surface area contributed by atoms with Crippen molar-refractivity contribution in [3.05, 3.63) is 92.7 Å². The Kier molecular flexibility index (Phi) is 4.65. The molecule has 3 heterocycles. The van der Waals surface area contributed by atoms with E-state index < -0.39 is 4.92 Å². The summed E-state index contributed by atoms with van der Waals surface area (Å²) in [6, 6.07) is 12.1. The highest BCUT2D eigenvalue weighted by Gasteiger charge is 2.19. The van der Waals surface area contributed by atoms with Crippen LogP contribution < -0.4 is 0 Å². The van der Waals surface area contributed by atoms with Crippen molar-refractivity contribution in [3.63, 3.8) is 0 Å². The minimum Gasteiger partial charge on any atom is -0.360 e. The van der Waals surface area contributed by atoms with Gasteiger partial charge < -0.3 is 4.98 Å². The smallest absolute Gasteiger partial charge is 0.288 e. The number of carbonyl (C=O) groups excluding carboxylic acids is 1. The molecule has 0 amide bonds. The number of nitro groups is 1. The SMILES string of the molecule is O=C(/C=C/c1c(-c2ccc(Cl)c([N+](=O)[O-])c2)nc2sccn12)c1c[nH]c2ccccc12. The number of para-hydroxylation sites is 1. The molecule has 7 nitrogen and oxygen atoms in total. The van der Waals surface area contributed by atoms with Crippen molar-refractivity contribution in [2.75, 3.05) is 0 Å². The molecule has 0 bridgehead atoms. The standard InChI is InChI=1S/C22H13ClN4O3S/c23-16-6-5-13(11-19(16)27(29)30)21-18(26-9-10-31-22(26)25-21)7-8-20(28)15-12-24-17-4-2-1-3-14(15)17/h1-12,24H/b8-7+. The number of allylic oxidation sites excluding steroid dienone is 1. The molecule has 0 fully saturated rings. The summed E-state index contributed by atoms with van der Waals surface area (Å²) in [6.07, 6.45) is 6.71. The molecule has 2 aromatic carbocycles. The molecule has 0 aliphatic carbocycles. The topological polar surface area (TPSA) is 93.3 Å². The van der Waals surface area contributed by atoms with Gasteiger partial charge in [-0.05, 0) is 24.3 Å². The minimum atomic E-state index is -0.527. The van der Waals surface area contributed by atoms with E-state index in [0.717, 1.165) is 10.9 Å². The number of thiazole rings is 1. The maximum Gasteiger partial charge on any atom is 0.288 e. The summed E-state index contributed by atoms with van der Waals surface area (Å²) in [6.45, 7) is 0. The van der Waals surface area contributed by atoms with Crippen molar-refractivity contribution in [2.45, 2.75) is 0 Å². The maximum absolute atomic E-state index is 12.9. The van der Waals surface area contributed by atoms with E-state index >= 15 is 0 Å². The highest BCUT2D eigenvalue weighted by Crippen LogP contribution is 2.33. The van der Waals surface area contributed by atoms with Gasteiger partial charge >= 0.3 is 0 Å². The second kappa shape index (κ2) is 7.50. The number of H-pyrrole nitrogens is 1. The molecule has 5 rings (SSSR count). The number of ketones is 1. The zero-order valence-electron chi connectivity index (χ0n) is 15.8. The number of hydrogen-bond acceptors (Lipinski definition) is 5. The van der Waals surface area contributed by atoms with Crippen LogP contribution >= 0.6 is 22.9 Å². The van der Waals surface area contributed by atoms with E-state index in [9.17, 15) is 14.9 Å². The Morgan fingerprint density at radius 1 is 1.26 bits per heavy atom. The predicted molar refractivity (Wildman–Crippen MR) is 122 cm³/mol. The second-order valence-corrected chi connectivity index (χ2v) is 8.05. The van der Waals surface area contributed by atoms with Crippen molar-refractivity contribution in [1.29, 1.82) is 0 Å². The largest absolute Gasteiger partial charge is 0.360 e. The first-order valence-electron chi connectivity index (χ1n) is 9.21. The van der Waals surface area contributed by atoms with E-state index in [4.69, 9.17) is 11.6 Å². The molecule has 0 radical (unpaired) electrons. The van der Waals surface area contributed by atoms with Crippen molar-refractivity contribution in [3.8, 4) is 11.3 Å². The Hall–Kier alpha value is -3.75. The van der Waals surface area contributed by atoms with Crippen molar-refractivity contribution in [1.82, 2.24) is 14.4 Å². The summed E-state index contributed by atoms with van der Waals surface area (Å²) in [7, 11) is 0. The summed E-state index contributed by atoms with van der Waals surface area (Å²) >= 11 is 7.39. The van der Waals surface area contributed by atoms with Crippen LogP contribution in [0, 0.1) is 10.1 Å². The molecule has 1 N–H and O–H groups in total. The number of imidazole rings is 1. The Morgan fingerprint density at radius 2 is 2.10 bits per heavy atom. The molecule has 0 saturated carbocycles. The third-order valence-corrected chi connectivity index (χ3v) is 6.04. The summed E-state index contributed by atoms with van der Waals surface area (Å²) in [5, 5.41) is 14.1. The van der Waals surface area contributed by atoms with Crippen LogP contribution in [0.1, 0.15) is 16.1 Å². The second-order valence-electron chi connectivity index (χ2n) is 6.77.